The van der Waals surface area contributed by atoms with Gasteiger partial charge >= 0.3 is 5.97 Å². The molecule has 4 heteroatoms. The highest BCUT2D eigenvalue weighted by Crippen LogP contribution is 2.44. The summed E-state index contributed by atoms with van der Waals surface area (Å²) >= 11 is 0. The standard InChI is InChI=1S/C23H26N2O2/c1-2-15-14-25-12-10-17(15)13-21(25)22(27-23(26)16-7-8-16)19-9-11-24-20-6-4-3-5-18(19)20/h2-6,9,11,15-17,21-22H,1,7-8,10,12-14H2/t15-,17+,21-,22+/m1/s1. The Morgan fingerprint density at radius 2 is 2.11 bits per heavy atom. The van der Waals surface area contributed by atoms with Gasteiger partial charge in [0.25, 0.3) is 0 Å². The van der Waals surface area contributed by atoms with Gasteiger partial charge in [-0.25, -0.2) is 0 Å². The van der Waals surface area contributed by atoms with Crippen LogP contribution in [0.25, 0.3) is 10.9 Å². The molecule has 27 heavy (non-hydrogen) atoms. The van der Waals surface area contributed by atoms with Crippen LogP contribution in [0.3, 0.4) is 0 Å². The van der Waals surface area contributed by atoms with E-state index in [1.165, 1.54) is 6.42 Å². The number of rotatable bonds is 5. The number of fused-ring (bicyclic) bond motifs is 4. The number of esters is 1. The summed E-state index contributed by atoms with van der Waals surface area (Å²) in [6, 6.07) is 10.5. The third-order valence-electron chi connectivity index (χ3n) is 6.65. The Morgan fingerprint density at radius 1 is 1.26 bits per heavy atom. The zero-order valence-corrected chi connectivity index (χ0v) is 15.6. The van der Waals surface area contributed by atoms with E-state index in [9.17, 15) is 4.79 Å². The van der Waals surface area contributed by atoms with Gasteiger partial charge in [0.2, 0.25) is 0 Å². The molecular weight excluding hydrogens is 336 g/mol. The number of carbonyl (C=O) groups excluding carboxylic acids is 1. The number of hydrogen-bond donors (Lipinski definition) is 0. The van der Waals surface area contributed by atoms with Gasteiger partial charge in [0, 0.05) is 23.7 Å². The van der Waals surface area contributed by atoms with Crippen LogP contribution in [0.2, 0.25) is 0 Å². The first-order valence-electron chi connectivity index (χ1n) is 10.2. The molecule has 1 aliphatic carbocycles. The van der Waals surface area contributed by atoms with E-state index in [1.807, 2.05) is 30.5 Å². The Hall–Kier alpha value is -2.20. The first kappa shape index (κ1) is 16.9. The maximum atomic E-state index is 12.6. The fourth-order valence-electron chi connectivity index (χ4n) is 4.95. The van der Waals surface area contributed by atoms with Gasteiger partial charge in [0.1, 0.15) is 6.10 Å². The predicted octanol–water partition coefficient (Wildman–Crippen LogP) is 4.13. The molecule has 5 atom stereocenters. The van der Waals surface area contributed by atoms with Gasteiger partial charge in [-0.2, -0.15) is 0 Å². The topological polar surface area (TPSA) is 42.4 Å². The molecule has 3 saturated heterocycles. The number of benzene rings is 1. The van der Waals surface area contributed by atoms with Crippen molar-refractivity contribution in [1.82, 2.24) is 9.88 Å². The predicted molar refractivity (Wildman–Crippen MR) is 105 cm³/mol. The number of nitrogens with zero attached hydrogens (tertiary/aromatic N) is 2. The summed E-state index contributed by atoms with van der Waals surface area (Å²) < 4.78 is 6.20. The molecule has 1 aromatic heterocycles. The molecule has 3 aliphatic heterocycles. The van der Waals surface area contributed by atoms with Gasteiger partial charge in [-0.3, -0.25) is 14.7 Å². The average molecular weight is 362 g/mol. The smallest absolute Gasteiger partial charge is 0.309 e. The largest absolute Gasteiger partial charge is 0.456 e. The fraction of sp³-hybridized carbons (Fsp3) is 0.478. The van der Waals surface area contributed by atoms with Crippen molar-refractivity contribution < 1.29 is 9.53 Å². The highest BCUT2D eigenvalue weighted by molar-refractivity contribution is 5.83. The lowest BCUT2D eigenvalue weighted by Crippen LogP contribution is -2.55. The number of hydrogen-bond acceptors (Lipinski definition) is 4. The molecule has 140 valence electrons. The molecule has 4 nitrogen and oxygen atoms in total. The summed E-state index contributed by atoms with van der Waals surface area (Å²) in [7, 11) is 0. The molecule has 1 saturated carbocycles. The third-order valence-corrected chi connectivity index (χ3v) is 6.65. The number of ether oxygens (including phenoxy) is 1. The molecular formula is C23H26N2O2. The van der Waals surface area contributed by atoms with Crippen LogP contribution in [0.5, 0.6) is 0 Å². The van der Waals surface area contributed by atoms with Crippen LogP contribution in [0.1, 0.15) is 37.4 Å². The molecule has 4 aliphatic rings. The van der Waals surface area contributed by atoms with Crippen molar-refractivity contribution in [1.29, 1.82) is 0 Å². The van der Waals surface area contributed by atoms with Crippen molar-refractivity contribution in [2.24, 2.45) is 17.8 Å². The molecule has 6 rings (SSSR count). The van der Waals surface area contributed by atoms with Crippen LogP contribution in [-0.2, 0) is 9.53 Å². The molecule has 4 fully saturated rings. The van der Waals surface area contributed by atoms with Gasteiger partial charge in [0.05, 0.1) is 17.5 Å². The van der Waals surface area contributed by atoms with Crippen LogP contribution in [0.4, 0.5) is 0 Å². The fourth-order valence-corrected chi connectivity index (χ4v) is 4.95. The van der Waals surface area contributed by atoms with E-state index in [1.54, 1.807) is 0 Å². The summed E-state index contributed by atoms with van der Waals surface area (Å²) in [5, 5.41) is 1.09. The van der Waals surface area contributed by atoms with E-state index in [0.717, 1.165) is 48.8 Å². The molecule has 1 unspecified atom stereocenters. The number of pyridine rings is 1. The number of para-hydroxylation sites is 1. The van der Waals surface area contributed by atoms with Gasteiger partial charge in [-0.15, -0.1) is 6.58 Å². The molecule has 4 heterocycles. The first-order chi connectivity index (χ1) is 13.2. The maximum Gasteiger partial charge on any atom is 0.309 e. The Balaban J connectivity index is 1.53. The van der Waals surface area contributed by atoms with Crippen molar-refractivity contribution in [2.75, 3.05) is 13.1 Å². The lowest BCUT2D eigenvalue weighted by Gasteiger charge is -2.51. The zero-order valence-electron chi connectivity index (χ0n) is 15.6. The van der Waals surface area contributed by atoms with Crippen LogP contribution in [0.15, 0.2) is 49.2 Å². The molecule has 0 radical (unpaired) electrons. The van der Waals surface area contributed by atoms with E-state index in [0.29, 0.717) is 11.8 Å². The van der Waals surface area contributed by atoms with Crippen LogP contribution >= 0.6 is 0 Å². The summed E-state index contributed by atoms with van der Waals surface area (Å²) in [5.74, 6) is 1.29. The van der Waals surface area contributed by atoms with Crippen molar-refractivity contribution in [2.45, 2.75) is 37.8 Å². The van der Waals surface area contributed by atoms with Crippen molar-refractivity contribution in [3.05, 3.63) is 54.7 Å². The van der Waals surface area contributed by atoms with Gasteiger partial charge < -0.3 is 4.74 Å². The van der Waals surface area contributed by atoms with Crippen LogP contribution in [0, 0.1) is 17.8 Å². The summed E-state index contributed by atoms with van der Waals surface area (Å²) in [6.07, 6.45) is 7.96. The van der Waals surface area contributed by atoms with E-state index in [2.05, 4.69) is 28.6 Å². The second kappa shape index (κ2) is 6.75. The normalized spacial score (nSPS) is 30.8. The monoisotopic (exact) mass is 362 g/mol. The summed E-state index contributed by atoms with van der Waals surface area (Å²) in [6.45, 7) is 6.14. The van der Waals surface area contributed by atoms with Crippen LogP contribution in [-0.4, -0.2) is 35.0 Å². The molecule has 1 aromatic carbocycles. The average Bonchev–Trinajstić information content (AvgIpc) is 3.57. The van der Waals surface area contributed by atoms with E-state index in [4.69, 9.17) is 4.74 Å². The molecule has 2 aromatic rings. The second-order valence-corrected chi connectivity index (χ2v) is 8.30. The minimum atomic E-state index is -0.223. The highest BCUT2D eigenvalue weighted by Gasteiger charge is 2.45. The third kappa shape index (κ3) is 3.06. The number of piperidine rings is 3. The van der Waals surface area contributed by atoms with Gasteiger partial charge in [-0.05, 0) is 56.2 Å². The Kier molecular flexibility index (Phi) is 4.24. The molecule has 0 N–H and O–H groups in total. The number of aromatic nitrogens is 1. The Labute approximate surface area is 160 Å². The lowest BCUT2D eigenvalue weighted by molar-refractivity contribution is -0.158. The maximum absolute atomic E-state index is 12.6. The first-order valence-corrected chi connectivity index (χ1v) is 10.2. The summed E-state index contributed by atoms with van der Waals surface area (Å²) in [4.78, 5) is 19.6. The zero-order chi connectivity index (χ0) is 18.4. The highest BCUT2D eigenvalue weighted by atomic mass is 16.5. The van der Waals surface area contributed by atoms with E-state index >= 15 is 0 Å². The van der Waals surface area contributed by atoms with Crippen molar-refractivity contribution >= 4 is 16.9 Å². The number of carbonyl (C=O) groups is 1. The Morgan fingerprint density at radius 3 is 2.85 bits per heavy atom. The van der Waals surface area contributed by atoms with Gasteiger partial charge in [0.15, 0.2) is 0 Å². The summed E-state index contributed by atoms with van der Waals surface area (Å²) in [5.41, 5.74) is 2.06. The molecule has 0 amide bonds. The minimum absolute atomic E-state index is 0.0242. The second-order valence-electron chi connectivity index (χ2n) is 8.30. The molecule has 2 bridgehead atoms. The Bertz CT molecular complexity index is 870. The molecule has 0 spiro atoms. The minimum Gasteiger partial charge on any atom is -0.456 e. The van der Waals surface area contributed by atoms with Crippen molar-refractivity contribution in [3.8, 4) is 0 Å². The lowest BCUT2D eigenvalue weighted by atomic mass is 9.73. The van der Waals surface area contributed by atoms with Crippen LogP contribution < -0.4 is 0 Å². The van der Waals surface area contributed by atoms with E-state index < -0.39 is 0 Å². The quantitative estimate of drug-likeness (QED) is 0.593. The van der Waals surface area contributed by atoms with Crippen molar-refractivity contribution in [3.63, 3.8) is 0 Å². The van der Waals surface area contributed by atoms with E-state index in [-0.39, 0.29) is 24.0 Å². The SMILES string of the molecule is C=C[C@@H]1CN2CC[C@H]1C[C@@H]2[C@@H](OC(=O)C1CC1)c1ccnc2ccccc12. The van der Waals surface area contributed by atoms with Gasteiger partial charge in [-0.1, -0.05) is 24.3 Å².